The van der Waals surface area contributed by atoms with Crippen LogP contribution in [0, 0.1) is 0 Å². The Morgan fingerprint density at radius 1 is 1.40 bits per heavy atom. The van der Waals surface area contributed by atoms with Gasteiger partial charge in [-0.2, -0.15) is 0 Å². The fourth-order valence-corrected chi connectivity index (χ4v) is 0. The summed E-state index contributed by atoms with van der Waals surface area (Å²) in [7, 11) is 0. The van der Waals surface area contributed by atoms with E-state index >= 15 is 0 Å². The molecule has 0 aromatic rings. The first-order chi connectivity index (χ1) is 1.00. The van der Waals surface area contributed by atoms with Crippen molar-refractivity contribution < 1.29 is 56.3 Å². The minimum absolute atomic E-state index is 0. The molecule has 0 saturated heterocycles. The molecule has 0 bridgehead atoms. The zero-order valence-electron chi connectivity index (χ0n) is 4.06. The molecule has 5 heteroatoms. The summed E-state index contributed by atoms with van der Waals surface area (Å²) in [5.74, 6) is 0. The Kier molecular flexibility index (Phi) is 211. The number of rotatable bonds is 0. The van der Waals surface area contributed by atoms with Crippen LogP contribution in [0.1, 0.15) is 1.43 Å². The molecule has 1 nitrogen and oxygen atoms in total. The second kappa shape index (κ2) is 37.6. The second-order valence-corrected chi connectivity index (χ2v) is 0. The minimum atomic E-state index is 0. The molecular weight excluding hydrogens is 148 g/mol. The average molecular weight is 149 g/mol. The van der Waals surface area contributed by atoms with Crippen LogP contribution >= 0.6 is 0 Å². The van der Waals surface area contributed by atoms with Gasteiger partial charge in [0.1, 0.15) is 0 Å². The fraction of sp³-hybridized carbons (Fsp3) is 0. The van der Waals surface area contributed by atoms with Crippen molar-refractivity contribution in [3.8, 4) is 0 Å². The van der Waals surface area contributed by atoms with E-state index in [9.17, 15) is 0 Å². The molecule has 0 fully saturated rings. The van der Waals surface area contributed by atoms with Gasteiger partial charge in [-0.1, -0.05) is 0 Å². The van der Waals surface area contributed by atoms with E-state index in [0.29, 0.717) is 0 Å². The van der Waals surface area contributed by atoms with Crippen LogP contribution in [0.15, 0.2) is 0 Å². The third kappa shape index (κ3) is 24.0. The number of hydrogen-bond acceptors (Lipinski definition) is 1. The summed E-state index contributed by atoms with van der Waals surface area (Å²) in [6.45, 7) is 0. The third-order valence-corrected chi connectivity index (χ3v) is 0. The molecular formula is HCoLi2NiO. The molecule has 0 aromatic heterocycles. The zero-order chi connectivity index (χ0) is 2.00. The van der Waals surface area contributed by atoms with Crippen molar-refractivity contribution in [1.29, 1.82) is 0 Å². The first-order valence-corrected chi connectivity index (χ1v) is 0.561. The maximum absolute atomic E-state index is 7.94. The summed E-state index contributed by atoms with van der Waals surface area (Å²) in [6, 6.07) is 0. The fourth-order valence-electron chi connectivity index (χ4n) is 0. The molecule has 0 aliphatic carbocycles. The van der Waals surface area contributed by atoms with Crippen molar-refractivity contribution in [1.82, 2.24) is 0 Å². The van der Waals surface area contributed by atoms with E-state index in [1.54, 1.807) is 0 Å². The Hall–Kier alpha value is 1.99. The van der Waals surface area contributed by atoms with Crippen molar-refractivity contribution in [3.05, 3.63) is 0 Å². The van der Waals surface area contributed by atoms with Crippen LogP contribution in [-0.2, 0) is 36.0 Å². The topological polar surface area (TPSA) is 17.1 Å². The summed E-state index contributed by atoms with van der Waals surface area (Å²) in [5.41, 5.74) is 0. The molecule has 0 N–H and O–H groups in total. The summed E-state index contributed by atoms with van der Waals surface area (Å²) in [4.78, 5) is 0. The monoisotopic (exact) mass is 148 g/mol. The quantitative estimate of drug-likeness (QED) is 0.328. The molecule has 28 valence electrons. The Morgan fingerprint density at radius 3 is 1.40 bits per heavy atom. The van der Waals surface area contributed by atoms with Gasteiger partial charge in [-0.15, -0.1) is 0 Å². The van der Waals surface area contributed by atoms with E-state index in [2.05, 4.69) is 15.7 Å². The molecule has 0 heterocycles. The second-order valence-electron chi connectivity index (χ2n) is 0. The predicted octanol–water partition coefficient (Wildman–Crippen LogP) is -3.39. The van der Waals surface area contributed by atoms with Crippen LogP contribution in [0.3, 0.4) is 0 Å². The van der Waals surface area contributed by atoms with Gasteiger partial charge in [0.15, 0.2) is 0 Å². The maximum atomic E-state index is 7.94. The Morgan fingerprint density at radius 2 is 1.40 bits per heavy atom. The van der Waals surface area contributed by atoms with Crippen molar-refractivity contribution in [3.63, 3.8) is 0 Å². The van der Waals surface area contributed by atoms with Crippen molar-refractivity contribution in [2.24, 2.45) is 0 Å². The molecule has 0 atom stereocenters. The van der Waals surface area contributed by atoms with E-state index in [1.807, 2.05) is 0 Å². The van der Waals surface area contributed by atoms with Crippen LogP contribution in [0.2, 0.25) is 0 Å². The van der Waals surface area contributed by atoms with Gasteiger partial charge >= 0.3 is 38.4 Å². The molecule has 0 spiro atoms. The summed E-state index contributed by atoms with van der Waals surface area (Å²) in [6.07, 6.45) is 0. The van der Waals surface area contributed by atoms with Crippen molar-refractivity contribution in [2.45, 2.75) is 0 Å². The van der Waals surface area contributed by atoms with E-state index in [1.165, 1.54) is 0 Å². The number of hydrogen-bond donors (Lipinski definition) is 0. The standard InChI is InChI=1S/Co.2Li.Ni.O.H/q;;+1;;;-1. The van der Waals surface area contributed by atoms with Gasteiger partial charge in [0.2, 0.25) is 0 Å². The Labute approximate surface area is 74.6 Å². The van der Waals surface area contributed by atoms with E-state index in [4.69, 9.17) is 3.87 Å². The zero-order valence-corrected chi connectivity index (χ0v) is 5.09. The summed E-state index contributed by atoms with van der Waals surface area (Å²) >= 11 is 2.31. The van der Waals surface area contributed by atoms with Crippen LogP contribution in [0.4, 0.5) is 0 Å². The third-order valence-electron chi connectivity index (χ3n) is 0. The van der Waals surface area contributed by atoms with Gasteiger partial charge in [0, 0.05) is 35.4 Å². The average Bonchev–Trinajstić information content (AvgIpc) is 1.00. The molecule has 5 heavy (non-hydrogen) atoms. The normalized spacial score (nSPS) is 1.00. The van der Waals surface area contributed by atoms with Crippen LogP contribution in [0.5, 0.6) is 0 Å². The van der Waals surface area contributed by atoms with Gasteiger partial charge < -0.3 is 1.43 Å². The molecule has 0 aliphatic rings. The van der Waals surface area contributed by atoms with Crippen LogP contribution in [0.25, 0.3) is 0 Å². The van der Waals surface area contributed by atoms with Crippen molar-refractivity contribution in [2.75, 3.05) is 0 Å². The molecule has 0 aromatic carbocycles. The van der Waals surface area contributed by atoms with E-state index in [0.717, 1.165) is 0 Å². The van der Waals surface area contributed by atoms with Gasteiger partial charge in [-0.3, -0.25) is 0 Å². The Bertz CT molecular complexity index is 13.5. The van der Waals surface area contributed by atoms with E-state index < -0.39 is 0 Å². The molecule has 0 aliphatic heterocycles. The van der Waals surface area contributed by atoms with Gasteiger partial charge in [-0.25, -0.2) is 0 Å². The van der Waals surface area contributed by atoms with E-state index in [-0.39, 0.29) is 55.6 Å². The van der Waals surface area contributed by atoms with Gasteiger partial charge in [0.05, 0.1) is 0 Å². The first-order valence-electron chi connectivity index (χ1n) is 0.136. The summed E-state index contributed by atoms with van der Waals surface area (Å²) < 4.78 is 7.94. The molecule has 0 rings (SSSR count). The van der Waals surface area contributed by atoms with Crippen LogP contribution in [-0.4, -0.2) is 18.9 Å². The van der Waals surface area contributed by atoms with Gasteiger partial charge in [0.25, 0.3) is 0 Å². The molecule has 0 unspecified atom stereocenters. The first kappa shape index (κ1) is 28.0. The predicted molar refractivity (Wildman–Crippen MR) is 7.55 cm³/mol. The summed E-state index contributed by atoms with van der Waals surface area (Å²) in [5, 5.41) is 0. The molecule has 1 radical (unpaired) electrons. The molecule has 0 saturated carbocycles. The van der Waals surface area contributed by atoms with Crippen LogP contribution < -0.4 is 18.9 Å². The SMILES string of the molecule is [H-].[Li+].[Li].[Ni].[O]=[Co]. The molecule has 0 amide bonds. The van der Waals surface area contributed by atoms with Crippen molar-refractivity contribution >= 4 is 18.9 Å². The van der Waals surface area contributed by atoms with Gasteiger partial charge in [-0.05, 0) is 0 Å². The Balaban J connectivity index is -0.000000000833.